The van der Waals surface area contributed by atoms with Crippen LogP contribution in [0.4, 0.5) is 0 Å². The second-order valence-corrected chi connectivity index (χ2v) is 10.8. The summed E-state index contributed by atoms with van der Waals surface area (Å²) < 4.78 is 30.4. The Hall–Kier alpha value is -2.70. The molecule has 0 atom stereocenters. The summed E-state index contributed by atoms with van der Waals surface area (Å²) in [6.45, 7) is 4.50. The summed E-state index contributed by atoms with van der Waals surface area (Å²) in [5, 5.41) is 9.95. The lowest BCUT2D eigenvalue weighted by Gasteiger charge is -2.27. The molecule has 0 unspecified atom stereocenters. The number of rotatable bonds is 9. The zero-order chi connectivity index (χ0) is 24.9. The minimum absolute atomic E-state index is 0.134. The minimum Gasteiger partial charge on any atom is -0.489 e. The van der Waals surface area contributed by atoms with Crippen molar-refractivity contribution in [2.75, 3.05) is 18.7 Å². The molecule has 3 aromatic rings. The molecule has 0 radical (unpaired) electrons. The third-order valence-corrected chi connectivity index (χ3v) is 6.42. The monoisotopic (exact) mass is 518 g/mol. The number of nitrogens with one attached hydrogen (secondary N) is 1. The van der Waals surface area contributed by atoms with Gasteiger partial charge in [-0.2, -0.15) is 5.26 Å². The molecule has 7 nitrogen and oxygen atoms in total. The van der Waals surface area contributed by atoms with Crippen molar-refractivity contribution in [3.05, 3.63) is 76.1 Å². The summed E-state index contributed by atoms with van der Waals surface area (Å²) in [6.07, 6.45) is 4.29. The van der Waals surface area contributed by atoms with Gasteiger partial charge in [0.2, 0.25) is 10.0 Å². The molecule has 1 heterocycles. The van der Waals surface area contributed by atoms with Crippen molar-refractivity contribution in [2.45, 2.75) is 25.8 Å². The fraction of sp³-hybridized carbons (Fsp3) is 0.292. The smallest absolute Gasteiger partial charge is 0.209 e. The Bertz CT molecular complexity index is 1300. The molecule has 3 rings (SSSR count). The van der Waals surface area contributed by atoms with Crippen molar-refractivity contribution in [3.63, 3.8) is 0 Å². The fourth-order valence-corrected chi connectivity index (χ4v) is 4.12. The van der Waals surface area contributed by atoms with E-state index in [2.05, 4.69) is 20.8 Å². The topological polar surface area (TPSA) is 105 Å². The summed E-state index contributed by atoms with van der Waals surface area (Å²) in [5.41, 5.74) is 3.29. The average Bonchev–Trinajstić information content (AvgIpc) is 2.81. The zero-order valence-corrected chi connectivity index (χ0v) is 21.3. The maximum absolute atomic E-state index is 11.2. The Morgan fingerprint density at radius 3 is 2.32 bits per heavy atom. The van der Waals surface area contributed by atoms with E-state index in [0.717, 1.165) is 22.9 Å². The Balaban J connectivity index is 1.83. The molecule has 0 aliphatic rings. The highest BCUT2D eigenvalue weighted by Crippen LogP contribution is 2.38. The number of alkyl halides is 1. The number of hydrogen-bond acceptors (Lipinski definition) is 6. The van der Waals surface area contributed by atoms with Crippen molar-refractivity contribution in [1.82, 2.24) is 14.7 Å². The first-order valence-electron chi connectivity index (χ1n) is 10.3. The molecule has 0 saturated carbocycles. The summed E-state index contributed by atoms with van der Waals surface area (Å²) in [6, 6.07) is 13.6. The summed E-state index contributed by atoms with van der Waals surface area (Å²) in [4.78, 5) is 8.69. The fourth-order valence-electron chi connectivity index (χ4n) is 3.34. The van der Waals surface area contributed by atoms with E-state index >= 15 is 0 Å². The van der Waals surface area contributed by atoms with Crippen LogP contribution >= 0.6 is 23.2 Å². The average molecular weight is 519 g/mol. The normalized spacial score (nSPS) is 11.8. The summed E-state index contributed by atoms with van der Waals surface area (Å²) in [7, 11) is -3.28. The second-order valence-electron chi connectivity index (χ2n) is 8.19. The van der Waals surface area contributed by atoms with E-state index in [4.69, 9.17) is 27.9 Å². The minimum atomic E-state index is -3.28. The molecular formula is C24H24Cl2N4O3S. The van der Waals surface area contributed by atoms with E-state index in [9.17, 15) is 13.7 Å². The molecule has 0 saturated heterocycles. The van der Waals surface area contributed by atoms with Crippen LogP contribution in [0.1, 0.15) is 36.1 Å². The number of nitriles is 1. The summed E-state index contributed by atoms with van der Waals surface area (Å²) in [5.74, 6) is 1.17. The van der Waals surface area contributed by atoms with Gasteiger partial charge in [0.05, 0.1) is 22.7 Å². The largest absolute Gasteiger partial charge is 0.489 e. The quantitative estimate of drug-likeness (QED) is 0.413. The summed E-state index contributed by atoms with van der Waals surface area (Å²) >= 11 is 12.1. The molecule has 10 heteroatoms. The third-order valence-electron chi connectivity index (χ3n) is 5.32. The van der Waals surface area contributed by atoms with Crippen LogP contribution in [0.2, 0.25) is 5.02 Å². The molecule has 0 spiro atoms. The van der Waals surface area contributed by atoms with E-state index in [1.807, 2.05) is 44.2 Å². The van der Waals surface area contributed by atoms with E-state index in [1.165, 1.54) is 0 Å². The van der Waals surface area contributed by atoms with Gasteiger partial charge in [0, 0.05) is 35.5 Å². The third kappa shape index (κ3) is 6.24. The van der Waals surface area contributed by atoms with E-state index < -0.39 is 15.4 Å². The molecule has 0 bridgehead atoms. The van der Waals surface area contributed by atoms with E-state index in [1.54, 1.807) is 18.5 Å². The lowest BCUT2D eigenvalue weighted by molar-refractivity contribution is 0.341. The highest BCUT2D eigenvalue weighted by atomic mass is 35.5. The van der Waals surface area contributed by atoms with Crippen LogP contribution in [0.5, 0.6) is 5.75 Å². The van der Waals surface area contributed by atoms with Crippen molar-refractivity contribution in [1.29, 1.82) is 5.26 Å². The number of aromatic nitrogens is 2. The van der Waals surface area contributed by atoms with Gasteiger partial charge in [0.15, 0.2) is 11.6 Å². The van der Waals surface area contributed by atoms with Gasteiger partial charge in [-0.1, -0.05) is 49.7 Å². The molecular weight excluding hydrogens is 495 g/mol. The molecule has 1 aromatic heterocycles. The van der Waals surface area contributed by atoms with Crippen LogP contribution in [0.25, 0.3) is 11.4 Å². The molecule has 0 fully saturated rings. The van der Waals surface area contributed by atoms with Gasteiger partial charge in [-0.15, -0.1) is 11.6 Å². The second kappa shape index (κ2) is 10.7. The predicted molar refractivity (Wildman–Crippen MR) is 134 cm³/mol. The molecule has 1 N–H and O–H groups in total. The van der Waals surface area contributed by atoms with Gasteiger partial charge in [0.1, 0.15) is 12.7 Å². The maximum atomic E-state index is 11.2. The van der Waals surface area contributed by atoms with Crippen LogP contribution in [0.3, 0.4) is 0 Å². The number of nitrogens with zero attached hydrogens (tertiary/aromatic N) is 3. The standard InChI is InChI=1S/C24H24Cl2N4O3S/c1-24(2,20-10-18(12-27)22(21(26)11-20)33-9-8-25)19-6-4-17(5-7-19)23-28-13-16(14-29-23)15-30-34(3,31)32/h4-7,10-11,13-14,30H,8-9,15H2,1-3H3. The number of halogens is 2. The molecule has 2 aromatic carbocycles. The number of ether oxygens (including phenoxy) is 1. The number of sulfonamides is 1. The molecule has 34 heavy (non-hydrogen) atoms. The van der Waals surface area contributed by atoms with Gasteiger partial charge < -0.3 is 4.74 Å². The van der Waals surface area contributed by atoms with Gasteiger partial charge in [0.25, 0.3) is 0 Å². The van der Waals surface area contributed by atoms with Crippen molar-refractivity contribution in [2.24, 2.45) is 0 Å². The molecule has 0 amide bonds. The maximum Gasteiger partial charge on any atom is 0.209 e. The van der Waals surface area contributed by atoms with Crippen LogP contribution < -0.4 is 9.46 Å². The Labute approximate surface area is 209 Å². The first-order chi connectivity index (χ1) is 16.0. The van der Waals surface area contributed by atoms with Crippen molar-refractivity contribution in [3.8, 4) is 23.2 Å². The Morgan fingerprint density at radius 2 is 1.76 bits per heavy atom. The molecule has 178 valence electrons. The van der Waals surface area contributed by atoms with Crippen molar-refractivity contribution < 1.29 is 13.2 Å². The predicted octanol–water partition coefficient (Wildman–Crippen LogP) is 4.66. The number of benzene rings is 2. The lowest BCUT2D eigenvalue weighted by atomic mass is 9.77. The van der Waals surface area contributed by atoms with Gasteiger partial charge >= 0.3 is 0 Å². The van der Waals surface area contributed by atoms with E-state index in [0.29, 0.717) is 33.6 Å². The first-order valence-corrected chi connectivity index (χ1v) is 13.1. The van der Waals surface area contributed by atoms with Gasteiger partial charge in [-0.25, -0.2) is 23.1 Å². The van der Waals surface area contributed by atoms with E-state index in [-0.39, 0.29) is 13.2 Å². The van der Waals surface area contributed by atoms with Crippen LogP contribution in [0, 0.1) is 11.3 Å². The SMILES string of the molecule is CC(C)(c1ccc(-c2ncc(CNS(C)(=O)=O)cn2)cc1)c1cc(Cl)c(OCCCl)c(C#N)c1. The first kappa shape index (κ1) is 25.9. The van der Waals surface area contributed by atoms with Gasteiger partial charge in [-0.05, 0) is 23.3 Å². The number of hydrogen-bond donors (Lipinski definition) is 1. The molecule has 0 aliphatic heterocycles. The molecule has 0 aliphatic carbocycles. The lowest BCUT2D eigenvalue weighted by Crippen LogP contribution is -2.21. The van der Waals surface area contributed by atoms with Crippen LogP contribution in [-0.2, 0) is 22.0 Å². The van der Waals surface area contributed by atoms with Crippen LogP contribution in [-0.4, -0.2) is 37.1 Å². The van der Waals surface area contributed by atoms with Crippen LogP contribution in [0.15, 0.2) is 48.8 Å². The Morgan fingerprint density at radius 1 is 1.12 bits per heavy atom. The Kier molecular flexibility index (Phi) is 8.16. The van der Waals surface area contributed by atoms with Crippen molar-refractivity contribution >= 4 is 33.2 Å². The van der Waals surface area contributed by atoms with Gasteiger partial charge in [-0.3, -0.25) is 0 Å². The zero-order valence-electron chi connectivity index (χ0n) is 19.0. The highest BCUT2D eigenvalue weighted by Gasteiger charge is 2.26. The highest BCUT2D eigenvalue weighted by molar-refractivity contribution is 7.88.